The third-order valence-electron chi connectivity index (χ3n) is 3.15. The molecule has 0 saturated heterocycles. The molecule has 18 heavy (non-hydrogen) atoms. The Bertz CT molecular complexity index is 576. The average Bonchev–Trinajstić information content (AvgIpc) is 2.40. The second-order valence-corrected chi connectivity index (χ2v) is 4.46. The second kappa shape index (κ2) is 4.53. The van der Waals surface area contributed by atoms with Crippen LogP contribution in [0.1, 0.15) is 16.8 Å². The van der Waals surface area contributed by atoms with Gasteiger partial charge in [0.05, 0.1) is 12.2 Å². The van der Waals surface area contributed by atoms with E-state index in [2.05, 4.69) is 28.2 Å². The Hall–Kier alpha value is -2.29. The number of rotatable bonds is 2. The van der Waals surface area contributed by atoms with Gasteiger partial charge in [-0.1, -0.05) is 18.2 Å². The zero-order valence-electron chi connectivity index (χ0n) is 10.1. The molecule has 90 valence electrons. The highest BCUT2D eigenvalue weighted by molar-refractivity contribution is 5.68. The fourth-order valence-corrected chi connectivity index (χ4v) is 2.23. The van der Waals surface area contributed by atoms with Crippen molar-refractivity contribution in [3.63, 3.8) is 0 Å². The summed E-state index contributed by atoms with van der Waals surface area (Å²) in [5.74, 6) is 0. The lowest BCUT2D eigenvalue weighted by Crippen LogP contribution is -2.20. The third kappa shape index (κ3) is 2.07. The van der Waals surface area contributed by atoms with Crippen LogP contribution in [0.4, 0.5) is 5.69 Å². The predicted octanol–water partition coefficient (Wildman–Crippen LogP) is 2.65. The van der Waals surface area contributed by atoms with Crippen LogP contribution in [0.3, 0.4) is 0 Å². The molecule has 1 aliphatic rings. The van der Waals surface area contributed by atoms with Crippen molar-refractivity contribution in [1.82, 2.24) is 9.88 Å². The van der Waals surface area contributed by atoms with E-state index in [0.717, 1.165) is 30.0 Å². The van der Waals surface area contributed by atoms with Gasteiger partial charge in [-0.2, -0.15) is 0 Å². The van der Waals surface area contributed by atoms with Gasteiger partial charge in [-0.3, -0.25) is 4.98 Å². The number of aromatic nitrogens is 1. The standard InChI is InChI=1S/C15H15N3/c16-15-6-3-4-12-10-18(9-7-14(12)15)11-13-5-1-2-8-17-13/h1-9H,10-11,16H2. The lowest BCUT2D eigenvalue weighted by Gasteiger charge is -2.25. The van der Waals surface area contributed by atoms with Gasteiger partial charge in [0, 0.05) is 30.2 Å². The fraction of sp³-hybridized carbons (Fsp3) is 0.133. The molecule has 2 aromatic rings. The predicted molar refractivity (Wildman–Crippen MR) is 73.4 cm³/mol. The van der Waals surface area contributed by atoms with E-state index in [4.69, 9.17) is 5.73 Å². The topological polar surface area (TPSA) is 42.1 Å². The molecule has 2 heterocycles. The number of anilines is 1. The van der Waals surface area contributed by atoms with Crippen LogP contribution in [-0.4, -0.2) is 9.88 Å². The van der Waals surface area contributed by atoms with Gasteiger partial charge in [0.1, 0.15) is 0 Å². The molecule has 0 saturated carbocycles. The maximum Gasteiger partial charge on any atom is 0.0600 e. The second-order valence-electron chi connectivity index (χ2n) is 4.46. The molecule has 0 fully saturated rings. The van der Waals surface area contributed by atoms with Gasteiger partial charge in [-0.15, -0.1) is 0 Å². The van der Waals surface area contributed by atoms with Crippen molar-refractivity contribution in [3.05, 3.63) is 65.6 Å². The molecule has 3 heteroatoms. The molecule has 0 bridgehead atoms. The summed E-state index contributed by atoms with van der Waals surface area (Å²) in [5.41, 5.74) is 10.3. The number of nitrogens with two attached hydrogens (primary N) is 1. The third-order valence-corrected chi connectivity index (χ3v) is 3.15. The molecule has 0 aliphatic carbocycles. The summed E-state index contributed by atoms with van der Waals surface area (Å²) in [6.45, 7) is 1.71. The summed E-state index contributed by atoms with van der Waals surface area (Å²) in [5, 5.41) is 0. The van der Waals surface area contributed by atoms with Gasteiger partial charge in [0.25, 0.3) is 0 Å². The van der Waals surface area contributed by atoms with Gasteiger partial charge in [-0.25, -0.2) is 0 Å². The van der Waals surface area contributed by atoms with E-state index in [-0.39, 0.29) is 0 Å². The van der Waals surface area contributed by atoms with Crippen LogP contribution in [0.5, 0.6) is 0 Å². The molecular weight excluding hydrogens is 222 g/mol. The number of nitrogen functional groups attached to an aromatic ring is 1. The molecular formula is C15H15N3. The average molecular weight is 237 g/mol. The van der Waals surface area contributed by atoms with E-state index in [1.807, 2.05) is 36.5 Å². The van der Waals surface area contributed by atoms with Crippen molar-refractivity contribution in [2.45, 2.75) is 13.1 Å². The minimum atomic E-state index is 0.825. The summed E-state index contributed by atoms with van der Waals surface area (Å²) in [7, 11) is 0. The first-order valence-corrected chi connectivity index (χ1v) is 6.02. The van der Waals surface area contributed by atoms with Crippen molar-refractivity contribution in [1.29, 1.82) is 0 Å². The van der Waals surface area contributed by atoms with Crippen molar-refractivity contribution < 1.29 is 0 Å². The maximum atomic E-state index is 5.96. The minimum Gasteiger partial charge on any atom is -0.398 e. The highest BCUT2D eigenvalue weighted by Gasteiger charge is 2.12. The molecule has 0 unspecified atom stereocenters. The Balaban J connectivity index is 1.80. The van der Waals surface area contributed by atoms with Gasteiger partial charge in [0.2, 0.25) is 0 Å². The van der Waals surface area contributed by atoms with E-state index in [1.165, 1.54) is 5.56 Å². The van der Waals surface area contributed by atoms with Crippen LogP contribution in [0, 0.1) is 0 Å². The van der Waals surface area contributed by atoms with Crippen LogP contribution >= 0.6 is 0 Å². The summed E-state index contributed by atoms with van der Waals surface area (Å²) in [6.07, 6.45) is 6.00. The Morgan fingerprint density at radius 1 is 1.17 bits per heavy atom. The normalized spacial score (nSPS) is 13.4. The fourth-order valence-electron chi connectivity index (χ4n) is 2.23. The van der Waals surface area contributed by atoms with Crippen molar-refractivity contribution >= 4 is 11.8 Å². The molecule has 3 rings (SSSR count). The molecule has 0 spiro atoms. The van der Waals surface area contributed by atoms with Crippen LogP contribution in [0.2, 0.25) is 0 Å². The van der Waals surface area contributed by atoms with E-state index in [9.17, 15) is 0 Å². The van der Waals surface area contributed by atoms with Crippen LogP contribution in [-0.2, 0) is 13.1 Å². The summed E-state index contributed by atoms with van der Waals surface area (Å²) in [4.78, 5) is 6.59. The van der Waals surface area contributed by atoms with E-state index in [0.29, 0.717) is 0 Å². The number of fused-ring (bicyclic) bond motifs is 1. The molecule has 1 aliphatic heterocycles. The number of pyridine rings is 1. The lowest BCUT2D eigenvalue weighted by atomic mass is 10.0. The quantitative estimate of drug-likeness (QED) is 0.816. The van der Waals surface area contributed by atoms with E-state index >= 15 is 0 Å². The number of hydrogen-bond acceptors (Lipinski definition) is 3. The molecule has 3 nitrogen and oxygen atoms in total. The lowest BCUT2D eigenvalue weighted by molar-refractivity contribution is 0.355. The van der Waals surface area contributed by atoms with Gasteiger partial charge < -0.3 is 10.6 Å². The van der Waals surface area contributed by atoms with Gasteiger partial charge in [-0.05, 0) is 29.8 Å². The Morgan fingerprint density at radius 2 is 2.11 bits per heavy atom. The van der Waals surface area contributed by atoms with Crippen LogP contribution < -0.4 is 5.73 Å². The largest absolute Gasteiger partial charge is 0.398 e. The van der Waals surface area contributed by atoms with Crippen LogP contribution in [0.15, 0.2) is 48.8 Å². The SMILES string of the molecule is Nc1cccc2c1C=CN(Cc1ccccn1)C2. The molecule has 1 aromatic heterocycles. The summed E-state index contributed by atoms with van der Waals surface area (Å²) in [6, 6.07) is 12.1. The van der Waals surface area contributed by atoms with Gasteiger partial charge >= 0.3 is 0 Å². The van der Waals surface area contributed by atoms with E-state index < -0.39 is 0 Å². The van der Waals surface area contributed by atoms with Crippen molar-refractivity contribution in [2.24, 2.45) is 0 Å². The highest BCUT2D eigenvalue weighted by atomic mass is 15.1. The molecule has 1 aromatic carbocycles. The van der Waals surface area contributed by atoms with Crippen molar-refractivity contribution in [3.8, 4) is 0 Å². The molecule has 0 amide bonds. The van der Waals surface area contributed by atoms with E-state index in [1.54, 1.807) is 0 Å². The smallest absolute Gasteiger partial charge is 0.0600 e. The van der Waals surface area contributed by atoms with Gasteiger partial charge in [0.15, 0.2) is 0 Å². The number of hydrogen-bond donors (Lipinski definition) is 1. The maximum absolute atomic E-state index is 5.96. The summed E-state index contributed by atoms with van der Waals surface area (Å²) < 4.78 is 0. The Kier molecular flexibility index (Phi) is 2.73. The summed E-state index contributed by atoms with van der Waals surface area (Å²) >= 11 is 0. The zero-order chi connectivity index (χ0) is 12.4. The number of nitrogens with zero attached hydrogens (tertiary/aromatic N) is 2. The molecule has 2 N–H and O–H groups in total. The highest BCUT2D eigenvalue weighted by Crippen LogP contribution is 2.25. The Labute approximate surface area is 107 Å². The first kappa shape index (κ1) is 10.8. The van der Waals surface area contributed by atoms with Crippen molar-refractivity contribution in [2.75, 3.05) is 5.73 Å². The zero-order valence-corrected chi connectivity index (χ0v) is 10.1. The molecule has 0 radical (unpaired) electrons. The number of benzene rings is 1. The monoisotopic (exact) mass is 237 g/mol. The first-order valence-electron chi connectivity index (χ1n) is 6.02. The molecule has 0 atom stereocenters. The Morgan fingerprint density at radius 3 is 2.94 bits per heavy atom. The van der Waals surface area contributed by atoms with Crippen LogP contribution in [0.25, 0.3) is 6.08 Å². The first-order chi connectivity index (χ1) is 8.83. The minimum absolute atomic E-state index is 0.825.